The molecule has 1 atom stereocenters. The van der Waals surface area contributed by atoms with Gasteiger partial charge in [0.25, 0.3) is 0 Å². The van der Waals surface area contributed by atoms with Crippen LogP contribution >= 0.6 is 0 Å². The summed E-state index contributed by atoms with van der Waals surface area (Å²) >= 11 is 0. The second kappa shape index (κ2) is 8.97. The van der Waals surface area contributed by atoms with E-state index in [2.05, 4.69) is 32.6 Å². The van der Waals surface area contributed by atoms with Crippen LogP contribution in [0.3, 0.4) is 0 Å². The zero-order valence-electron chi connectivity index (χ0n) is 11.4. The summed E-state index contributed by atoms with van der Waals surface area (Å²) in [7, 11) is 0. The molecule has 3 heteroatoms. The molecule has 0 aromatic rings. The standard InChI is InChI=1S/C13H30N2O/c1-5-12(6-2)15(10-11(3)4)8-7-13(16)9-14/h11-13,16H,5-10,14H2,1-4H3. The zero-order chi connectivity index (χ0) is 12.6. The highest BCUT2D eigenvalue weighted by molar-refractivity contribution is 4.72. The number of nitrogens with zero attached hydrogens (tertiary/aromatic N) is 1. The summed E-state index contributed by atoms with van der Waals surface area (Å²) in [5, 5.41) is 9.52. The van der Waals surface area contributed by atoms with Gasteiger partial charge in [-0.2, -0.15) is 0 Å². The van der Waals surface area contributed by atoms with Crippen LogP contribution in [0.15, 0.2) is 0 Å². The molecule has 3 N–H and O–H groups in total. The minimum absolute atomic E-state index is 0.343. The Morgan fingerprint density at radius 1 is 1.19 bits per heavy atom. The highest BCUT2D eigenvalue weighted by Gasteiger charge is 2.16. The van der Waals surface area contributed by atoms with Gasteiger partial charge < -0.3 is 15.7 Å². The summed E-state index contributed by atoms with van der Waals surface area (Å²) in [6.45, 7) is 11.4. The monoisotopic (exact) mass is 230 g/mol. The molecule has 3 nitrogen and oxygen atoms in total. The molecular formula is C13H30N2O. The van der Waals surface area contributed by atoms with Gasteiger partial charge in [0.1, 0.15) is 0 Å². The van der Waals surface area contributed by atoms with Gasteiger partial charge in [0.05, 0.1) is 6.10 Å². The van der Waals surface area contributed by atoms with Crippen LogP contribution in [0, 0.1) is 5.92 Å². The Balaban J connectivity index is 4.18. The maximum Gasteiger partial charge on any atom is 0.0674 e. The molecule has 0 heterocycles. The van der Waals surface area contributed by atoms with Gasteiger partial charge in [0.15, 0.2) is 0 Å². The molecule has 0 aromatic heterocycles. The Bertz CT molecular complexity index is 158. The molecule has 16 heavy (non-hydrogen) atoms. The van der Waals surface area contributed by atoms with E-state index in [9.17, 15) is 5.11 Å². The number of hydrogen-bond acceptors (Lipinski definition) is 3. The van der Waals surface area contributed by atoms with Crippen LogP contribution < -0.4 is 5.73 Å². The topological polar surface area (TPSA) is 49.5 Å². The number of aliphatic hydroxyl groups excluding tert-OH is 1. The van der Waals surface area contributed by atoms with Gasteiger partial charge in [-0.05, 0) is 25.2 Å². The molecule has 0 aliphatic rings. The lowest BCUT2D eigenvalue weighted by Crippen LogP contribution is -2.39. The lowest BCUT2D eigenvalue weighted by Gasteiger charge is -2.32. The summed E-state index contributed by atoms with van der Waals surface area (Å²) in [5.41, 5.74) is 5.43. The van der Waals surface area contributed by atoms with E-state index in [1.165, 1.54) is 12.8 Å². The molecule has 0 radical (unpaired) electrons. The predicted octanol–water partition coefficient (Wildman–Crippen LogP) is 1.84. The maximum absolute atomic E-state index is 9.52. The van der Waals surface area contributed by atoms with Gasteiger partial charge in [-0.15, -0.1) is 0 Å². The van der Waals surface area contributed by atoms with Crippen LogP contribution in [-0.4, -0.2) is 41.8 Å². The average Bonchev–Trinajstić information content (AvgIpc) is 2.26. The smallest absolute Gasteiger partial charge is 0.0674 e. The molecule has 0 saturated heterocycles. The normalized spacial score (nSPS) is 14.1. The summed E-state index contributed by atoms with van der Waals surface area (Å²) < 4.78 is 0. The third kappa shape index (κ3) is 6.46. The molecule has 0 spiro atoms. The molecule has 0 aromatic carbocycles. The van der Waals surface area contributed by atoms with Crippen molar-refractivity contribution in [1.29, 1.82) is 0 Å². The lowest BCUT2D eigenvalue weighted by atomic mass is 10.1. The summed E-state index contributed by atoms with van der Waals surface area (Å²) in [6.07, 6.45) is 2.81. The quantitative estimate of drug-likeness (QED) is 0.635. The minimum atomic E-state index is -0.343. The van der Waals surface area contributed by atoms with Crippen LogP contribution in [0.5, 0.6) is 0 Å². The number of rotatable bonds is 9. The van der Waals surface area contributed by atoms with Crippen molar-refractivity contribution < 1.29 is 5.11 Å². The Morgan fingerprint density at radius 2 is 1.75 bits per heavy atom. The molecule has 0 fully saturated rings. The third-order valence-electron chi connectivity index (χ3n) is 3.08. The van der Waals surface area contributed by atoms with Crippen LogP contribution in [0.4, 0.5) is 0 Å². The van der Waals surface area contributed by atoms with Gasteiger partial charge in [0, 0.05) is 25.7 Å². The second-order valence-electron chi connectivity index (χ2n) is 5.04. The van der Waals surface area contributed by atoms with E-state index >= 15 is 0 Å². The van der Waals surface area contributed by atoms with Gasteiger partial charge in [-0.1, -0.05) is 27.7 Å². The number of aliphatic hydroxyl groups is 1. The van der Waals surface area contributed by atoms with E-state index in [-0.39, 0.29) is 6.10 Å². The zero-order valence-corrected chi connectivity index (χ0v) is 11.4. The molecule has 98 valence electrons. The lowest BCUT2D eigenvalue weighted by molar-refractivity contribution is 0.115. The number of hydrogen-bond donors (Lipinski definition) is 2. The maximum atomic E-state index is 9.52. The second-order valence-corrected chi connectivity index (χ2v) is 5.04. The van der Waals surface area contributed by atoms with E-state index in [0.29, 0.717) is 18.5 Å². The van der Waals surface area contributed by atoms with Crippen molar-refractivity contribution in [2.45, 2.75) is 59.1 Å². The third-order valence-corrected chi connectivity index (χ3v) is 3.08. The largest absolute Gasteiger partial charge is 0.392 e. The van der Waals surface area contributed by atoms with Gasteiger partial charge >= 0.3 is 0 Å². The molecule has 0 rings (SSSR count). The fourth-order valence-electron chi connectivity index (χ4n) is 2.13. The molecule has 0 amide bonds. The van der Waals surface area contributed by atoms with E-state index in [4.69, 9.17) is 5.73 Å². The van der Waals surface area contributed by atoms with Crippen molar-refractivity contribution in [3.8, 4) is 0 Å². The van der Waals surface area contributed by atoms with Gasteiger partial charge in [-0.3, -0.25) is 0 Å². The van der Waals surface area contributed by atoms with Gasteiger partial charge in [-0.25, -0.2) is 0 Å². The summed E-state index contributed by atoms with van der Waals surface area (Å²) in [5.74, 6) is 0.676. The van der Waals surface area contributed by atoms with Crippen molar-refractivity contribution in [1.82, 2.24) is 4.90 Å². The van der Waals surface area contributed by atoms with Crippen molar-refractivity contribution in [3.63, 3.8) is 0 Å². The van der Waals surface area contributed by atoms with Crippen molar-refractivity contribution >= 4 is 0 Å². The highest BCUT2D eigenvalue weighted by Crippen LogP contribution is 2.12. The van der Waals surface area contributed by atoms with Gasteiger partial charge in [0.2, 0.25) is 0 Å². The van der Waals surface area contributed by atoms with Crippen LogP contribution in [-0.2, 0) is 0 Å². The Hall–Kier alpha value is -0.120. The fraction of sp³-hybridized carbons (Fsp3) is 1.00. The average molecular weight is 230 g/mol. The summed E-state index contributed by atoms with van der Waals surface area (Å²) in [6, 6.07) is 0.646. The fourth-order valence-corrected chi connectivity index (χ4v) is 2.13. The molecule has 0 aliphatic heterocycles. The first-order chi connectivity index (χ1) is 7.54. The predicted molar refractivity (Wildman–Crippen MR) is 70.5 cm³/mol. The first-order valence-electron chi connectivity index (χ1n) is 6.67. The van der Waals surface area contributed by atoms with Crippen LogP contribution in [0.25, 0.3) is 0 Å². The Labute approximate surface area is 101 Å². The minimum Gasteiger partial charge on any atom is -0.392 e. The molecule has 0 bridgehead atoms. The first kappa shape index (κ1) is 15.9. The molecular weight excluding hydrogens is 200 g/mol. The van der Waals surface area contributed by atoms with Crippen LogP contribution in [0.1, 0.15) is 47.0 Å². The van der Waals surface area contributed by atoms with E-state index in [1.54, 1.807) is 0 Å². The number of nitrogens with two attached hydrogens (primary N) is 1. The van der Waals surface area contributed by atoms with E-state index in [0.717, 1.165) is 19.5 Å². The summed E-state index contributed by atoms with van der Waals surface area (Å²) in [4.78, 5) is 2.50. The molecule has 0 saturated carbocycles. The Kier molecular flexibility index (Phi) is 8.90. The first-order valence-corrected chi connectivity index (χ1v) is 6.67. The van der Waals surface area contributed by atoms with Crippen molar-refractivity contribution in [2.75, 3.05) is 19.6 Å². The Morgan fingerprint density at radius 3 is 2.12 bits per heavy atom. The van der Waals surface area contributed by atoms with Crippen molar-refractivity contribution in [3.05, 3.63) is 0 Å². The SMILES string of the molecule is CCC(CC)N(CCC(O)CN)CC(C)C. The van der Waals surface area contributed by atoms with Crippen molar-refractivity contribution in [2.24, 2.45) is 11.7 Å². The van der Waals surface area contributed by atoms with Crippen LogP contribution in [0.2, 0.25) is 0 Å². The van der Waals surface area contributed by atoms with E-state index < -0.39 is 0 Å². The molecule has 0 aliphatic carbocycles. The van der Waals surface area contributed by atoms with E-state index in [1.807, 2.05) is 0 Å². The molecule has 1 unspecified atom stereocenters. The highest BCUT2D eigenvalue weighted by atomic mass is 16.3.